The topological polar surface area (TPSA) is 89.5 Å². The molecule has 1 heterocycles. The van der Waals surface area contributed by atoms with Crippen LogP contribution in [-0.2, 0) is 4.74 Å². The normalized spacial score (nSPS) is 13.2. The van der Waals surface area contributed by atoms with Crippen LogP contribution < -0.4 is 14.8 Å². The molecule has 170 valence electrons. The molecule has 0 saturated heterocycles. The van der Waals surface area contributed by atoms with Crippen molar-refractivity contribution in [2.45, 2.75) is 33.1 Å². The summed E-state index contributed by atoms with van der Waals surface area (Å²) in [6, 6.07) is 12.4. The van der Waals surface area contributed by atoms with Crippen LogP contribution in [0.1, 0.15) is 49.0 Å². The number of amides is 2. The first kappa shape index (κ1) is 23.1. The van der Waals surface area contributed by atoms with Crippen molar-refractivity contribution in [2.24, 2.45) is 5.10 Å². The van der Waals surface area contributed by atoms with E-state index in [0.29, 0.717) is 35.9 Å². The number of carbonyl (C=O) groups is 2. The number of carbonyl (C=O) groups excluding carboxylic acids is 2. The van der Waals surface area contributed by atoms with Crippen LogP contribution >= 0.6 is 0 Å². The van der Waals surface area contributed by atoms with Crippen molar-refractivity contribution in [3.05, 3.63) is 53.6 Å². The Kier molecular flexibility index (Phi) is 8.08. The van der Waals surface area contributed by atoms with Crippen molar-refractivity contribution in [1.29, 1.82) is 0 Å². The van der Waals surface area contributed by atoms with Gasteiger partial charge in [0.05, 0.1) is 26.0 Å². The molecule has 0 bridgehead atoms. The fourth-order valence-corrected chi connectivity index (χ4v) is 3.30. The van der Waals surface area contributed by atoms with Crippen LogP contribution in [0.25, 0.3) is 0 Å². The van der Waals surface area contributed by atoms with Crippen LogP contribution in [0.5, 0.6) is 11.5 Å². The van der Waals surface area contributed by atoms with Gasteiger partial charge in [0.25, 0.3) is 5.91 Å². The molecule has 8 heteroatoms. The van der Waals surface area contributed by atoms with E-state index in [-0.39, 0.29) is 12.5 Å². The SMILES string of the molecule is CCCOc1cc(C2=NN(C(=O)c3ccc(NC(=O)OCC)cc3)CCC2)ccc1OC. The van der Waals surface area contributed by atoms with Gasteiger partial charge in [-0.2, -0.15) is 5.10 Å². The number of ether oxygens (including phenoxy) is 3. The Morgan fingerprint density at radius 2 is 1.88 bits per heavy atom. The molecule has 2 aromatic rings. The van der Waals surface area contributed by atoms with Crippen molar-refractivity contribution in [3.8, 4) is 11.5 Å². The number of rotatable bonds is 8. The summed E-state index contributed by atoms with van der Waals surface area (Å²) in [7, 11) is 1.61. The zero-order valence-electron chi connectivity index (χ0n) is 18.7. The van der Waals surface area contributed by atoms with Crippen LogP contribution in [-0.4, -0.2) is 49.6 Å². The first-order valence-corrected chi connectivity index (χ1v) is 10.8. The van der Waals surface area contributed by atoms with Gasteiger partial charge in [-0.1, -0.05) is 6.92 Å². The van der Waals surface area contributed by atoms with Gasteiger partial charge in [-0.3, -0.25) is 10.1 Å². The second kappa shape index (κ2) is 11.2. The van der Waals surface area contributed by atoms with Crippen LogP contribution in [0, 0.1) is 0 Å². The first-order chi connectivity index (χ1) is 15.5. The highest BCUT2D eigenvalue weighted by Crippen LogP contribution is 2.30. The summed E-state index contributed by atoms with van der Waals surface area (Å²) in [4.78, 5) is 24.5. The van der Waals surface area contributed by atoms with Crippen LogP contribution in [0.15, 0.2) is 47.6 Å². The molecule has 0 fully saturated rings. The molecule has 0 saturated carbocycles. The number of methoxy groups -OCH3 is 1. The van der Waals surface area contributed by atoms with Gasteiger partial charge in [-0.15, -0.1) is 0 Å². The second-order valence-electron chi connectivity index (χ2n) is 7.22. The molecule has 0 aromatic heterocycles. The van der Waals surface area contributed by atoms with Gasteiger partial charge in [0.15, 0.2) is 11.5 Å². The van der Waals surface area contributed by atoms with Gasteiger partial charge in [0.1, 0.15) is 0 Å². The maximum Gasteiger partial charge on any atom is 0.411 e. The fourth-order valence-electron chi connectivity index (χ4n) is 3.30. The van der Waals surface area contributed by atoms with E-state index < -0.39 is 6.09 Å². The van der Waals surface area contributed by atoms with E-state index in [0.717, 1.165) is 30.5 Å². The average molecular weight is 440 g/mol. The summed E-state index contributed by atoms with van der Waals surface area (Å²) >= 11 is 0. The lowest BCUT2D eigenvalue weighted by Gasteiger charge is -2.24. The van der Waals surface area contributed by atoms with Gasteiger partial charge in [0.2, 0.25) is 0 Å². The number of nitrogens with one attached hydrogen (secondary N) is 1. The van der Waals surface area contributed by atoms with Crippen molar-refractivity contribution in [3.63, 3.8) is 0 Å². The van der Waals surface area contributed by atoms with E-state index in [4.69, 9.17) is 14.2 Å². The van der Waals surface area contributed by atoms with E-state index in [1.807, 2.05) is 25.1 Å². The minimum absolute atomic E-state index is 0.194. The lowest BCUT2D eigenvalue weighted by atomic mass is 10.0. The number of anilines is 1. The Labute approximate surface area is 188 Å². The largest absolute Gasteiger partial charge is 0.493 e. The van der Waals surface area contributed by atoms with E-state index in [1.54, 1.807) is 38.3 Å². The molecule has 0 aliphatic carbocycles. The Bertz CT molecular complexity index is 972. The highest BCUT2D eigenvalue weighted by molar-refractivity contribution is 6.03. The highest BCUT2D eigenvalue weighted by atomic mass is 16.5. The molecule has 0 spiro atoms. The lowest BCUT2D eigenvalue weighted by molar-refractivity contribution is 0.0751. The molecule has 8 nitrogen and oxygen atoms in total. The standard InChI is InChI=1S/C24H29N3O5/c1-4-15-32-22-16-18(10-13-21(22)30-3)20-7-6-14-27(26-20)23(28)17-8-11-19(12-9-17)25-24(29)31-5-2/h8-13,16H,4-7,14-15H2,1-3H3,(H,25,29). The summed E-state index contributed by atoms with van der Waals surface area (Å²) in [6.45, 7) is 5.21. The van der Waals surface area contributed by atoms with Crippen molar-refractivity contribution >= 4 is 23.4 Å². The summed E-state index contributed by atoms with van der Waals surface area (Å²) in [5, 5.41) is 8.71. The monoisotopic (exact) mass is 439 g/mol. The lowest BCUT2D eigenvalue weighted by Crippen LogP contribution is -2.32. The number of hydrogen-bond acceptors (Lipinski definition) is 6. The van der Waals surface area contributed by atoms with E-state index in [2.05, 4.69) is 10.4 Å². The van der Waals surface area contributed by atoms with Crippen molar-refractivity contribution in [1.82, 2.24) is 5.01 Å². The molecule has 1 aliphatic heterocycles. The van der Waals surface area contributed by atoms with Crippen LogP contribution in [0.2, 0.25) is 0 Å². The quantitative estimate of drug-likeness (QED) is 0.644. The summed E-state index contributed by atoms with van der Waals surface area (Å²) in [5.74, 6) is 1.15. The first-order valence-electron chi connectivity index (χ1n) is 10.8. The molecule has 2 aromatic carbocycles. The Hall–Kier alpha value is -3.55. The van der Waals surface area contributed by atoms with Gasteiger partial charge < -0.3 is 14.2 Å². The predicted octanol–water partition coefficient (Wildman–Crippen LogP) is 4.69. The molecule has 0 radical (unpaired) electrons. The third-order valence-electron chi connectivity index (χ3n) is 4.87. The average Bonchev–Trinajstić information content (AvgIpc) is 2.82. The number of benzene rings is 2. The smallest absolute Gasteiger partial charge is 0.411 e. The molecule has 3 rings (SSSR count). The Morgan fingerprint density at radius 1 is 1.09 bits per heavy atom. The van der Waals surface area contributed by atoms with E-state index in [1.165, 1.54) is 5.01 Å². The number of nitrogens with zero attached hydrogens (tertiary/aromatic N) is 2. The van der Waals surface area contributed by atoms with E-state index in [9.17, 15) is 9.59 Å². The third-order valence-corrected chi connectivity index (χ3v) is 4.87. The summed E-state index contributed by atoms with van der Waals surface area (Å²) < 4.78 is 16.0. The zero-order valence-corrected chi connectivity index (χ0v) is 18.7. The summed E-state index contributed by atoms with van der Waals surface area (Å²) in [5.41, 5.74) is 2.78. The predicted molar refractivity (Wildman–Crippen MR) is 123 cm³/mol. The molecule has 0 unspecified atom stereocenters. The van der Waals surface area contributed by atoms with Gasteiger partial charge >= 0.3 is 6.09 Å². The van der Waals surface area contributed by atoms with Gasteiger partial charge in [0, 0.05) is 23.4 Å². The maximum atomic E-state index is 13.0. The van der Waals surface area contributed by atoms with E-state index >= 15 is 0 Å². The molecular formula is C24H29N3O5. The van der Waals surface area contributed by atoms with Gasteiger partial charge in [-0.05, 0) is 68.7 Å². The Morgan fingerprint density at radius 3 is 2.56 bits per heavy atom. The molecule has 1 N–H and O–H groups in total. The number of hydrogen-bond donors (Lipinski definition) is 1. The minimum atomic E-state index is -0.529. The van der Waals surface area contributed by atoms with Gasteiger partial charge in [-0.25, -0.2) is 9.80 Å². The second-order valence-corrected chi connectivity index (χ2v) is 7.22. The summed E-state index contributed by atoms with van der Waals surface area (Å²) in [6.07, 6.45) is 1.94. The zero-order chi connectivity index (χ0) is 22.9. The van der Waals surface area contributed by atoms with Crippen molar-refractivity contribution < 1.29 is 23.8 Å². The number of hydrazone groups is 1. The Balaban J connectivity index is 1.75. The minimum Gasteiger partial charge on any atom is -0.493 e. The fraction of sp³-hybridized carbons (Fsp3) is 0.375. The molecule has 1 aliphatic rings. The third kappa shape index (κ3) is 5.78. The highest BCUT2D eigenvalue weighted by Gasteiger charge is 2.21. The molecule has 2 amide bonds. The van der Waals surface area contributed by atoms with Crippen LogP contribution in [0.3, 0.4) is 0 Å². The molecule has 32 heavy (non-hydrogen) atoms. The van der Waals surface area contributed by atoms with Crippen molar-refractivity contribution in [2.75, 3.05) is 32.2 Å². The van der Waals surface area contributed by atoms with Crippen LogP contribution in [0.4, 0.5) is 10.5 Å². The molecule has 0 atom stereocenters. The maximum absolute atomic E-state index is 13.0. The molecular weight excluding hydrogens is 410 g/mol.